The summed E-state index contributed by atoms with van der Waals surface area (Å²) >= 11 is 1.26. The molecule has 0 spiro atoms. The lowest BCUT2D eigenvalue weighted by atomic mass is 9.95. The summed E-state index contributed by atoms with van der Waals surface area (Å²) < 4.78 is 11.1. The first-order chi connectivity index (χ1) is 16.8. The molecule has 0 bridgehead atoms. The van der Waals surface area contributed by atoms with Gasteiger partial charge in [-0.2, -0.15) is 0 Å². The molecule has 3 aromatic rings. The van der Waals surface area contributed by atoms with Crippen LogP contribution in [-0.4, -0.2) is 46.9 Å². The van der Waals surface area contributed by atoms with E-state index in [1.165, 1.54) is 21.8 Å². The monoisotopic (exact) mass is 492 g/mol. The number of carbonyl (C=O) groups is 2. The average Bonchev–Trinajstić information content (AvgIpc) is 3.32. The summed E-state index contributed by atoms with van der Waals surface area (Å²) in [4.78, 5) is 32.7. The lowest BCUT2D eigenvalue weighted by molar-refractivity contribution is -0.130. The van der Waals surface area contributed by atoms with E-state index in [0.29, 0.717) is 28.5 Å². The second-order valence-corrected chi connectivity index (χ2v) is 9.68. The van der Waals surface area contributed by atoms with Gasteiger partial charge >= 0.3 is 0 Å². The van der Waals surface area contributed by atoms with Crippen LogP contribution < -0.4 is 4.74 Å². The SMILES string of the molecule is COCCN1C(=O)C(O)=C(C(=O)c2sc(C)nc2C)C1c1ccc(OCc2ccc(C)cc2)cc1. The van der Waals surface area contributed by atoms with Gasteiger partial charge in [-0.25, -0.2) is 4.98 Å². The Morgan fingerprint density at radius 2 is 1.77 bits per heavy atom. The first-order valence-electron chi connectivity index (χ1n) is 11.3. The number of ether oxygens (including phenoxy) is 2. The van der Waals surface area contributed by atoms with E-state index in [-0.39, 0.29) is 24.5 Å². The Hall–Kier alpha value is -3.49. The highest BCUT2D eigenvalue weighted by molar-refractivity contribution is 7.14. The molecular formula is C27H28N2O5S. The van der Waals surface area contributed by atoms with Crippen LogP contribution in [0.25, 0.3) is 0 Å². The van der Waals surface area contributed by atoms with E-state index in [2.05, 4.69) is 4.98 Å². The second-order valence-electron chi connectivity index (χ2n) is 8.48. The summed E-state index contributed by atoms with van der Waals surface area (Å²) in [5, 5.41) is 11.5. The number of rotatable bonds is 9. The third-order valence-electron chi connectivity index (χ3n) is 5.92. The zero-order valence-corrected chi connectivity index (χ0v) is 21.0. The third kappa shape index (κ3) is 5.13. The Kier molecular flexibility index (Phi) is 7.33. The number of carbonyl (C=O) groups excluding carboxylic acids is 2. The minimum Gasteiger partial charge on any atom is -0.503 e. The molecule has 1 aromatic heterocycles. The van der Waals surface area contributed by atoms with Crippen LogP contribution in [0.5, 0.6) is 5.75 Å². The van der Waals surface area contributed by atoms with Gasteiger partial charge in [0.1, 0.15) is 12.4 Å². The number of aryl methyl sites for hydroxylation is 3. The first kappa shape index (κ1) is 24.6. The van der Waals surface area contributed by atoms with Gasteiger partial charge in [-0.05, 0) is 44.0 Å². The highest BCUT2D eigenvalue weighted by atomic mass is 32.1. The fraction of sp³-hybridized carbons (Fsp3) is 0.296. The highest BCUT2D eigenvalue weighted by Gasteiger charge is 2.44. The molecule has 4 rings (SSSR count). The van der Waals surface area contributed by atoms with Crippen molar-refractivity contribution in [2.45, 2.75) is 33.4 Å². The molecule has 1 N–H and O–H groups in total. The van der Waals surface area contributed by atoms with Crippen molar-refractivity contribution in [1.29, 1.82) is 0 Å². The smallest absolute Gasteiger partial charge is 0.290 e. The summed E-state index contributed by atoms with van der Waals surface area (Å²) in [7, 11) is 1.54. The van der Waals surface area contributed by atoms with Gasteiger partial charge < -0.3 is 19.5 Å². The fourth-order valence-electron chi connectivity index (χ4n) is 4.11. The molecule has 1 unspecified atom stereocenters. The number of thiazole rings is 1. The number of aliphatic hydroxyl groups excluding tert-OH is 1. The molecule has 8 heteroatoms. The molecule has 2 heterocycles. The molecule has 1 atom stereocenters. The van der Waals surface area contributed by atoms with Crippen molar-refractivity contribution in [3.63, 3.8) is 0 Å². The predicted molar refractivity (Wildman–Crippen MR) is 134 cm³/mol. The zero-order valence-electron chi connectivity index (χ0n) is 20.2. The summed E-state index contributed by atoms with van der Waals surface area (Å²) in [6.07, 6.45) is 0. The first-order valence-corrected chi connectivity index (χ1v) is 12.1. The van der Waals surface area contributed by atoms with E-state index in [0.717, 1.165) is 10.6 Å². The quantitative estimate of drug-likeness (QED) is 0.429. The van der Waals surface area contributed by atoms with Gasteiger partial charge in [-0.15, -0.1) is 11.3 Å². The Bertz CT molecular complexity index is 1260. The standard InChI is InChI=1S/C27H28N2O5S/c1-16-5-7-19(8-6-16)15-34-21-11-9-20(10-12-21)23-22(24(30)26-17(2)28-18(3)35-26)25(31)27(32)29(23)13-14-33-4/h5-12,23,31H,13-15H2,1-4H3. The number of ketones is 1. The molecule has 1 amide bonds. The van der Waals surface area contributed by atoms with E-state index >= 15 is 0 Å². The summed E-state index contributed by atoms with van der Waals surface area (Å²) in [5.41, 5.74) is 3.59. The fourth-order valence-corrected chi connectivity index (χ4v) is 4.99. The number of aliphatic hydroxyl groups is 1. The largest absolute Gasteiger partial charge is 0.503 e. The van der Waals surface area contributed by atoms with Gasteiger partial charge in [0.15, 0.2) is 5.76 Å². The average molecular weight is 493 g/mol. The van der Waals surface area contributed by atoms with Crippen LogP contribution in [0.2, 0.25) is 0 Å². The number of nitrogens with zero attached hydrogens (tertiary/aromatic N) is 2. The molecule has 0 saturated heterocycles. The Morgan fingerprint density at radius 3 is 2.37 bits per heavy atom. The molecule has 0 aliphatic carbocycles. The number of Topliss-reactive ketones (excluding diaryl/α,β-unsaturated/α-hetero) is 1. The molecule has 7 nitrogen and oxygen atoms in total. The minimum atomic E-state index is -0.738. The van der Waals surface area contributed by atoms with E-state index < -0.39 is 17.7 Å². The van der Waals surface area contributed by atoms with Gasteiger partial charge in [0.25, 0.3) is 5.91 Å². The van der Waals surface area contributed by atoms with E-state index in [1.54, 1.807) is 14.0 Å². The topological polar surface area (TPSA) is 89.0 Å². The van der Waals surface area contributed by atoms with Crippen LogP contribution in [0.4, 0.5) is 0 Å². The van der Waals surface area contributed by atoms with Crippen molar-refractivity contribution in [3.05, 3.63) is 92.1 Å². The lowest BCUT2D eigenvalue weighted by Gasteiger charge is -2.26. The molecule has 1 aliphatic heterocycles. The number of benzene rings is 2. The Labute approximate surface area is 208 Å². The van der Waals surface area contributed by atoms with Crippen molar-refractivity contribution in [3.8, 4) is 5.75 Å². The van der Waals surface area contributed by atoms with Gasteiger partial charge in [0, 0.05) is 13.7 Å². The Morgan fingerprint density at radius 1 is 1.09 bits per heavy atom. The maximum atomic E-state index is 13.5. The minimum absolute atomic E-state index is 0.0613. The normalized spacial score (nSPS) is 15.7. The van der Waals surface area contributed by atoms with Crippen molar-refractivity contribution in [2.75, 3.05) is 20.3 Å². The van der Waals surface area contributed by atoms with Crippen molar-refractivity contribution < 1.29 is 24.2 Å². The number of hydrogen-bond donors (Lipinski definition) is 1. The van der Waals surface area contributed by atoms with E-state index in [9.17, 15) is 14.7 Å². The maximum Gasteiger partial charge on any atom is 0.290 e. The van der Waals surface area contributed by atoms with Crippen LogP contribution in [0, 0.1) is 20.8 Å². The van der Waals surface area contributed by atoms with E-state index in [1.807, 2.05) is 62.4 Å². The highest BCUT2D eigenvalue weighted by Crippen LogP contribution is 2.40. The van der Waals surface area contributed by atoms with E-state index in [4.69, 9.17) is 9.47 Å². The number of aromatic nitrogens is 1. The maximum absolute atomic E-state index is 13.5. The number of methoxy groups -OCH3 is 1. The van der Waals surface area contributed by atoms with Crippen molar-refractivity contribution in [1.82, 2.24) is 9.88 Å². The van der Waals surface area contributed by atoms with Crippen LogP contribution in [0.15, 0.2) is 59.9 Å². The molecule has 35 heavy (non-hydrogen) atoms. The van der Waals surface area contributed by atoms with Crippen LogP contribution >= 0.6 is 11.3 Å². The van der Waals surface area contributed by atoms with Gasteiger partial charge in [0.05, 0.1) is 33.8 Å². The molecule has 182 valence electrons. The van der Waals surface area contributed by atoms with Crippen molar-refractivity contribution >= 4 is 23.0 Å². The predicted octanol–water partition coefficient (Wildman–Crippen LogP) is 4.87. The van der Waals surface area contributed by atoms with Gasteiger partial charge in [0.2, 0.25) is 5.78 Å². The third-order valence-corrected chi connectivity index (χ3v) is 6.99. The molecule has 0 radical (unpaired) electrons. The van der Waals surface area contributed by atoms with Crippen LogP contribution in [0.1, 0.15) is 43.1 Å². The van der Waals surface area contributed by atoms with Gasteiger partial charge in [-0.1, -0.05) is 42.0 Å². The summed E-state index contributed by atoms with van der Waals surface area (Å²) in [6.45, 7) is 6.54. The van der Waals surface area contributed by atoms with Crippen LogP contribution in [0.3, 0.4) is 0 Å². The summed E-state index contributed by atoms with van der Waals surface area (Å²) in [5.74, 6) is -0.837. The molecule has 0 saturated carbocycles. The molecule has 2 aromatic carbocycles. The number of amides is 1. The van der Waals surface area contributed by atoms with Crippen LogP contribution in [-0.2, 0) is 16.1 Å². The summed E-state index contributed by atoms with van der Waals surface area (Å²) in [6, 6.07) is 14.6. The molecule has 0 fully saturated rings. The second kappa shape index (κ2) is 10.4. The van der Waals surface area contributed by atoms with Crippen molar-refractivity contribution in [2.24, 2.45) is 0 Å². The molecule has 1 aliphatic rings. The Balaban J connectivity index is 1.62. The number of hydrogen-bond acceptors (Lipinski definition) is 7. The molecular weight excluding hydrogens is 464 g/mol. The lowest BCUT2D eigenvalue weighted by Crippen LogP contribution is -2.34. The zero-order chi connectivity index (χ0) is 25.1. The van der Waals surface area contributed by atoms with Gasteiger partial charge in [-0.3, -0.25) is 9.59 Å².